The van der Waals surface area contributed by atoms with Crippen LogP contribution in [0.2, 0.25) is 0 Å². The van der Waals surface area contributed by atoms with E-state index in [1.165, 1.54) is 75.4 Å². The average Bonchev–Trinajstić information content (AvgIpc) is 2.68. The van der Waals surface area contributed by atoms with Gasteiger partial charge in [-0.1, -0.05) is 31.8 Å². The van der Waals surface area contributed by atoms with Crippen LogP contribution in [0, 0.1) is 0 Å². The molecule has 3 heteroatoms. The second-order valence-electron chi connectivity index (χ2n) is 6.01. The fourth-order valence-corrected chi connectivity index (χ4v) is 3.22. The van der Waals surface area contributed by atoms with Crippen LogP contribution in [0.3, 0.4) is 0 Å². The van der Waals surface area contributed by atoms with Crippen molar-refractivity contribution in [1.82, 2.24) is 10.9 Å². The van der Waals surface area contributed by atoms with Gasteiger partial charge in [0.1, 0.15) is 0 Å². The van der Waals surface area contributed by atoms with Crippen molar-refractivity contribution in [3.8, 4) is 0 Å². The molecule has 0 amide bonds. The number of hydrogen-bond donors (Lipinski definition) is 3. The maximum absolute atomic E-state index is 9.69. The summed E-state index contributed by atoms with van der Waals surface area (Å²) >= 11 is 0. The Morgan fingerprint density at radius 2 is 1.65 bits per heavy atom. The van der Waals surface area contributed by atoms with Gasteiger partial charge < -0.3 is 10.5 Å². The van der Waals surface area contributed by atoms with Crippen LogP contribution in [-0.2, 0) is 0 Å². The van der Waals surface area contributed by atoms with E-state index < -0.39 is 0 Å². The predicted molar refractivity (Wildman–Crippen MR) is 84.1 cm³/mol. The molecule has 0 spiro atoms. The van der Waals surface area contributed by atoms with Crippen molar-refractivity contribution >= 4 is 0 Å². The van der Waals surface area contributed by atoms with Gasteiger partial charge in [-0.05, 0) is 56.1 Å². The number of allylic oxidation sites excluding steroid dienone is 3. The van der Waals surface area contributed by atoms with Crippen molar-refractivity contribution in [3.05, 3.63) is 22.9 Å². The summed E-state index contributed by atoms with van der Waals surface area (Å²) < 4.78 is 0. The van der Waals surface area contributed by atoms with Gasteiger partial charge in [-0.15, -0.1) is 0 Å². The summed E-state index contributed by atoms with van der Waals surface area (Å²) in [5.41, 5.74) is 10.4. The highest BCUT2D eigenvalue weighted by atomic mass is 16.3. The first-order chi connectivity index (χ1) is 9.92. The molecule has 0 aromatic heterocycles. The van der Waals surface area contributed by atoms with Crippen molar-refractivity contribution in [2.45, 2.75) is 70.6 Å². The normalized spacial score (nSPS) is 23.4. The molecule has 1 heterocycles. The van der Waals surface area contributed by atoms with E-state index in [-0.39, 0.29) is 6.61 Å². The molecule has 0 atom stereocenters. The van der Waals surface area contributed by atoms with Gasteiger partial charge in [-0.3, -0.25) is 0 Å². The highest BCUT2D eigenvalue weighted by Gasteiger charge is 2.13. The van der Waals surface area contributed by atoms with E-state index in [2.05, 4.69) is 16.9 Å². The molecule has 0 bridgehead atoms. The molecule has 1 aliphatic carbocycles. The molecular formula is C17H30N2O. The monoisotopic (exact) mass is 278 g/mol. The first-order valence-corrected chi connectivity index (χ1v) is 8.43. The van der Waals surface area contributed by atoms with Gasteiger partial charge in [0, 0.05) is 6.54 Å². The maximum Gasteiger partial charge on any atom is 0.0844 e. The summed E-state index contributed by atoms with van der Waals surface area (Å²) in [7, 11) is 0. The van der Waals surface area contributed by atoms with Crippen molar-refractivity contribution in [2.24, 2.45) is 0 Å². The molecule has 0 aromatic carbocycles. The zero-order valence-corrected chi connectivity index (χ0v) is 12.7. The second kappa shape index (κ2) is 9.19. The fourth-order valence-electron chi connectivity index (χ4n) is 3.22. The van der Waals surface area contributed by atoms with E-state index in [0.29, 0.717) is 0 Å². The smallest absolute Gasteiger partial charge is 0.0844 e. The lowest BCUT2D eigenvalue weighted by Crippen LogP contribution is -2.33. The van der Waals surface area contributed by atoms with Crippen molar-refractivity contribution < 1.29 is 5.11 Å². The van der Waals surface area contributed by atoms with Crippen LogP contribution in [0.5, 0.6) is 0 Å². The predicted octanol–water partition coefficient (Wildman–Crippen LogP) is 3.57. The summed E-state index contributed by atoms with van der Waals surface area (Å²) in [5.74, 6) is 0. The largest absolute Gasteiger partial charge is 0.390 e. The summed E-state index contributed by atoms with van der Waals surface area (Å²) in [4.78, 5) is 0. The number of hydrazine groups is 1. The van der Waals surface area contributed by atoms with Crippen LogP contribution in [0.4, 0.5) is 0 Å². The Morgan fingerprint density at radius 1 is 0.900 bits per heavy atom. The zero-order chi connectivity index (χ0) is 14.0. The van der Waals surface area contributed by atoms with Crippen LogP contribution >= 0.6 is 0 Å². The van der Waals surface area contributed by atoms with Gasteiger partial charge in [0.25, 0.3) is 0 Å². The topological polar surface area (TPSA) is 44.3 Å². The van der Waals surface area contributed by atoms with Gasteiger partial charge in [0.2, 0.25) is 0 Å². The molecule has 2 aliphatic rings. The molecule has 0 aromatic rings. The molecule has 0 saturated carbocycles. The molecule has 0 fully saturated rings. The summed E-state index contributed by atoms with van der Waals surface area (Å²) in [6, 6.07) is 0. The maximum atomic E-state index is 9.69. The first-order valence-electron chi connectivity index (χ1n) is 8.43. The van der Waals surface area contributed by atoms with E-state index in [9.17, 15) is 5.11 Å². The highest BCUT2D eigenvalue weighted by Crippen LogP contribution is 2.28. The highest BCUT2D eigenvalue weighted by molar-refractivity contribution is 5.35. The Morgan fingerprint density at radius 3 is 2.55 bits per heavy atom. The fraction of sp³-hybridized carbons (Fsp3) is 0.765. The third kappa shape index (κ3) is 4.95. The van der Waals surface area contributed by atoms with Crippen LogP contribution in [-0.4, -0.2) is 18.3 Å². The summed E-state index contributed by atoms with van der Waals surface area (Å²) in [5, 5.41) is 9.69. The SMILES string of the molecule is OCC1=C(C2=CCCCCCCC2)CCCCCNN1. The molecule has 0 saturated heterocycles. The Balaban J connectivity index is 2.16. The third-order valence-corrected chi connectivity index (χ3v) is 4.42. The molecular weight excluding hydrogens is 248 g/mol. The van der Waals surface area contributed by atoms with E-state index in [4.69, 9.17) is 0 Å². The average molecular weight is 278 g/mol. The Kier molecular flexibility index (Phi) is 7.16. The van der Waals surface area contributed by atoms with Gasteiger partial charge in [-0.2, -0.15) is 0 Å². The van der Waals surface area contributed by atoms with Crippen LogP contribution < -0.4 is 10.9 Å². The van der Waals surface area contributed by atoms with Gasteiger partial charge >= 0.3 is 0 Å². The molecule has 0 unspecified atom stereocenters. The Bertz CT molecular complexity index is 347. The lowest BCUT2D eigenvalue weighted by atomic mass is 9.93. The van der Waals surface area contributed by atoms with Crippen LogP contribution in [0.25, 0.3) is 0 Å². The molecule has 0 radical (unpaired) electrons. The van der Waals surface area contributed by atoms with E-state index in [1.54, 1.807) is 0 Å². The molecule has 2 rings (SSSR count). The standard InChI is InChI=1S/C17H30N2O/c20-14-17-16(12-8-5-9-13-18-19-17)15-10-6-3-1-2-4-7-11-15/h10,18-20H,1-9,11-14H2. The lowest BCUT2D eigenvalue weighted by molar-refractivity contribution is 0.313. The number of aliphatic hydroxyl groups is 1. The van der Waals surface area contributed by atoms with Crippen LogP contribution in [0.15, 0.2) is 22.9 Å². The van der Waals surface area contributed by atoms with Gasteiger partial charge in [-0.25, -0.2) is 5.43 Å². The molecule has 3 nitrogen and oxygen atoms in total. The number of rotatable bonds is 2. The van der Waals surface area contributed by atoms with E-state index in [1.807, 2.05) is 0 Å². The van der Waals surface area contributed by atoms with Crippen LogP contribution in [0.1, 0.15) is 70.6 Å². The second-order valence-corrected chi connectivity index (χ2v) is 6.01. The molecule has 1 aliphatic heterocycles. The zero-order valence-electron chi connectivity index (χ0n) is 12.7. The third-order valence-electron chi connectivity index (χ3n) is 4.42. The minimum absolute atomic E-state index is 0.111. The molecule has 114 valence electrons. The number of nitrogens with one attached hydrogen (secondary N) is 2. The van der Waals surface area contributed by atoms with Gasteiger partial charge in [0.15, 0.2) is 0 Å². The van der Waals surface area contributed by atoms with Gasteiger partial charge in [0.05, 0.1) is 12.3 Å². The van der Waals surface area contributed by atoms with E-state index in [0.717, 1.165) is 18.7 Å². The quantitative estimate of drug-likeness (QED) is 0.723. The van der Waals surface area contributed by atoms with Crippen molar-refractivity contribution in [2.75, 3.05) is 13.2 Å². The Labute approximate surface area is 123 Å². The van der Waals surface area contributed by atoms with Crippen molar-refractivity contribution in [1.29, 1.82) is 0 Å². The minimum Gasteiger partial charge on any atom is -0.390 e. The number of hydrogen-bond acceptors (Lipinski definition) is 3. The number of aliphatic hydroxyl groups excluding tert-OH is 1. The van der Waals surface area contributed by atoms with E-state index >= 15 is 0 Å². The Hall–Kier alpha value is -0.800. The minimum atomic E-state index is 0.111. The molecule has 20 heavy (non-hydrogen) atoms. The summed E-state index contributed by atoms with van der Waals surface area (Å²) in [6.07, 6.45) is 16.4. The molecule has 3 N–H and O–H groups in total. The summed E-state index contributed by atoms with van der Waals surface area (Å²) in [6.45, 7) is 1.09. The first kappa shape index (κ1) is 15.6. The lowest BCUT2D eigenvalue weighted by Gasteiger charge is -2.18. The van der Waals surface area contributed by atoms with Crippen molar-refractivity contribution in [3.63, 3.8) is 0 Å².